The minimum absolute atomic E-state index is 0.0487. The highest BCUT2D eigenvalue weighted by atomic mass is 35.5. The molecule has 0 N–H and O–H groups in total. The number of amidine groups is 1. The number of nitrogens with zero attached hydrogens (tertiary/aromatic N) is 3. The highest BCUT2D eigenvalue weighted by Gasteiger charge is 2.36. The van der Waals surface area contributed by atoms with Gasteiger partial charge in [-0.05, 0) is 63.9 Å². The molecule has 24 heavy (non-hydrogen) atoms. The van der Waals surface area contributed by atoms with E-state index in [-0.39, 0.29) is 12.1 Å². The van der Waals surface area contributed by atoms with Gasteiger partial charge in [0.15, 0.2) is 0 Å². The molecule has 1 amide bonds. The summed E-state index contributed by atoms with van der Waals surface area (Å²) in [4.78, 5) is 17.9. The zero-order chi connectivity index (χ0) is 18.1. The van der Waals surface area contributed by atoms with Crippen LogP contribution in [0.3, 0.4) is 0 Å². The van der Waals surface area contributed by atoms with Gasteiger partial charge in [0.2, 0.25) is 0 Å². The molecule has 0 radical (unpaired) electrons. The van der Waals surface area contributed by atoms with Crippen LogP contribution in [-0.4, -0.2) is 34.8 Å². The van der Waals surface area contributed by atoms with Gasteiger partial charge in [-0.25, -0.2) is 0 Å². The van der Waals surface area contributed by atoms with Gasteiger partial charge in [0.05, 0.1) is 35.7 Å². The summed E-state index contributed by atoms with van der Waals surface area (Å²) in [5.74, 6) is 1.11. The number of hydrogen-bond donors (Lipinski definition) is 0. The monoisotopic (exact) mass is 347 g/mol. The fourth-order valence-electron chi connectivity index (χ4n) is 2.65. The van der Waals surface area contributed by atoms with E-state index in [2.05, 4.69) is 11.1 Å². The number of benzene rings is 1. The summed E-state index contributed by atoms with van der Waals surface area (Å²) in [5, 5.41) is 8.79. The Labute approximate surface area is 147 Å². The summed E-state index contributed by atoms with van der Waals surface area (Å²) in [6.07, 6.45) is 0. The Morgan fingerprint density at radius 3 is 2.67 bits per heavy atom. The van der Waals surface area contributed by atoms with Crippen LogP contribution in [0, 0.1) is 11.3 Å². The van der Waals surface area contributed by atoms with Crippen LogP contribution in [0.1, 0.15) is 45.7 Å². The highest BCUT2D eigenvalue weighted by molar-refractivity contribution is 6.64. The van der Waals surface area contributed by atoms with E-state index in [9.17, 15) is 10.1 Å². The Morgan fingerprint density at radius 2 is 2.12 bits per heavy atom. The van der Waals surface area contributed by atoms with Crippen molar-refractivity contribution in [3.63, 3.8) is 0 Å². The van der Waals surface area contributed by atoms with Crippen molar-refractivity contribution < 1.29 is 9.53 Å². The molecule has 0 fully saturated rings. The third-order valence-electron chi connectivity index (χ3n) is 4.37. The van der Waals surface area contributed by atoms with E-state index < -0.39 is 10.8 Å². The lowest BCUT2D eigenvalue weighted by Gasteiger charge is -2.24. The first-order chi connectivity index (χ1) is 11.2. The van der Waals surface area contributed by atoms with E-state index in [1.165, 1.54) is 4.90 Å². The molecule has 1 heterocycles. The maximum Gasteiger partial charge on any atom is 0.322 e. The molecule has 1 aliphatic rings. The lowest BCUT2D eigenvalue weighted by molar-refractivity contribution is 0.234. The molecule has 0 saturated heterocycles. The number of hydrogen-bond acceptors (Lipinski definition) is 4. The predicted octanol–water partition coefficient (Wildman–Crippen LogP) is 4.08. The molecule has 2 unspecified atom stereocenters. The Bertz CT molecular complexity index is 721. The standard InChI is InChI=1S/C18H22ClN3O2/c1-6-24-15-9-13(18(4,5)10-20)7-8-14(15)16-21-11(2)12(3)22(16)17(19)23/h7-9,11-12H,6H2,1-5H3. The summed E-state index contributed by atoms with van der Waals surface area (Å²) < 4.78 is 5.76. The van der Waals surface area contributed by atoms with Crippen LogP contribution in [0.4, 0.5) is 4.79 Å². The normalized spacial score (nSPS) is 20.5. The van der Waals surface area contributed by atoms with Crippen LogP contribution in [0.5, 0.6) is 5.75 Å². The number of aliphatic imine (C=N–C) groups is 1. The average molecular weight is 348 g/mol. The van der Waals surface area contributed by atoms with Gasteiger partial charge in [-0.15, -0.1) is 0 Å². The van der Waals surface area contributed by atoms with Crippen LogP contribution in [-0.2, 0) is 5.41 Å². The Kier molecular flexibility index (Phi) is 5.19. The second-order valence-electron chi connectivity index (χ2n) is 6.44. The number of carbonyl (C=O) groups is 1. The molecule has 0 aromatic heterocycles. The van der Waals surface area contributed by atoms with Crippen LogP contribution in [0.25, 0.3) is 0 Å². The van der Waals surface area contributed by atoms with Crippen molar-refractivity contribution in [1.82, 2.24) is 4.90 Å². The molecule has 1 aromatic carbocycles. The third kappa shape index (κ3) is 3.25. The molecule has 0 spiro atoms. The zero-order valence-electron chi connectivity index (χ0n) is 14.6. The number of ether oxygens (including phenoxy) is 1. The van der Waals surface area contributed by atoms with Crippen molar-refractivity contribution in [3.05, 3.63) is 29.3 Å². The maximum atomic E-state index is 11.9. The van der Waals surface area contributed by atoms with Crippen molar-refractivity contribution in [2.24, 2.45) is 4.99 Å². The molecule has 5 nitrogen and oxygen atoms in total. The summed E-state index contributed by atoms with van der Waals surface area (Å²) in [6.45, 7) is 9.91. The topological polar surface area (TPSA) is 65.7 Å². The number of carbonyl (C=O) groups excluding carboxylic acids is 1. The van der Waals surface area contributed by atoms with Crippen LogP contribution < -0.4 is 4.74 Å². The average Bonchev–Trinajstić information content (AvgIpc) is 2.83. The summed E-state index contributed by atoms with van der Waals surface area (Å²) in [7, 11) is 0. The highest BCUT2D eigenvalue weighted by Crippen LogP contribution is 2.32. The van der Waals surface area contributed by atoms with E-state index in [4.69, 9.17) is 16.3 Å². The molecule has 128 valence electrons. The molecule has 0 bridgehead atoms. The quantitative estimate of drug-likeness (QED) is 0.608. The second kappa shape index (κ2) is 6.82. The van der Waals surface area contributed by atoms with E-state index in [0.29, 0.717) is 23.8 Å². The molecule has 2 rings (SSSR count). The van der Waals surface area contributed by atoms with Crippen LogP contribution >= 0.6 is 11.6 Å². The van der Waals surface area contributed by atoms with Gasteiger partial charge in [-0.3, -0.25) is 14.7 Å². The first kappa shape index (κ1) is 18.3. The Balaban J connectivity index is 2.56. The molecular weight excluding hydrogens is 326 g/mol. The Morgan fingerprint density at radius 1 is 1.46 bits per heavy atom. The Hall–Kier alpha value is -2.06. The second-order valence-corrected chi connectivity index (χ2v) is 6.76. The van der Waals surface area contributed by atoms with Gasteiger partial charge in [0.25, 0.3) is 0 Å². The SMILES string of the molecule is CCOc1cc(C(C)(C)C#N)ccc1C1=NC(C)C(C)N1C(=O)Cl. The third-order valence-corrected chi connectivity index (χ3v) is 4.55. The molecule has 0 aliphatic carbocycles. The number of rotatable bonds is 4. The van der Waals surface area contributed by atoms with E-state index in [1.54, 1.807) is 0 Å². The first-order valence-corrected chi connectivity index (χ1v) is 8.36. The molecule has 6 heteroatoms. The van der Waals surface area contributed by atoms with Gasteiger partial charge >= 0.3 is 5.37 Å². The number of amides is 1. The predicted molar refractivity (Wildman–Crippen MR) is 94.8 cm³/mol. The summed E-state index contributed by atoms with van der Waals surface area (Å²) in [6, 6.07) is 7.68. The zero-order valence-corrected chi connectivity index (χ0v) is 15.4. The van der Waals surface area contributed by atoms with Gasteiger partial charge in [0.1, 0.15) is 11.6 Å². The molecule has 1 aliphatic heterocycles. The summed E-state index contributed by atoms with van der Waals surface area (Å²) >= 11 is 5.77. The van der Waals surface area contributed by atoms with E-state index in [0.717, 1.165) is 5.56 Å². The molecule has 0 saturated carbocycles. The van der Waals surface area contributed by atoms with Crippen molar-refractivity contribution in [3.8, 4) is 11.8 Å². The first-order valence-electron chi connectivity index (χ1n) is 7.98. The van der Waals surface area contributed by atoms with Crippen molar-refractivity contribution in [2.75, 3.05) is 6.61 Å². The van der Waals surface area contributed by atoms with Gasteiger partial charge in [-0.1, -0.05) is 6.07 Å². The minimum atomic E-state index is -0.634. The number of halogens is 1. The van der Waals surface area contributed by atoms with Crippen molar-refractivity contribution >= 4 is 22.8 Å². The molecule has 1 aromatic rings. The lowest BCUT2D eigenvalue weighted by Crippen LogP contribution is -2.39. The van der Waals surface area contributed by atoms with Crippen LogP contribution in [0.2, 0.25) is 0 Å². The van der Waals surface area contributed by atoms with Crippen molar-refractivity contribution in [1.29, 1.82) is 5.26 Å². The largest absolute Gasteiger partial charge is 0.493 e. The fraction of sp³-hybridized carbons (Fsp3) is 0.500. The lowest BCUT2D eigenvalue weighted by atomic mass is 9.85. The van der Waals surface area contributed by atoms with Gasteiger partial charge in [0, 0.05) is 0 Å². The summed E-state index contributed by atoms with van der Waals surface area (Å²) in [5.41, 5.74) is 0.921. The smallest absolute Gasteiger partial charge is 0.322 e. The van der Waals surface area contributed by atoms with E-state index in [1.807, 2.05) is 52.8 Å². The maximum absolute atomic E-state index is 11.9. The van der Waals surface area contributed by atoms with Gasteiger partial charge in [-0.2, -0.15) is 5.26 Å². The van der Waals surface area contributed by atoms with Crippen molar-refractivity contribution in [2.45, 2.75) is 52.1 Å². The fourth-order valence-corrected chi connectivity index (χ4v) is 2.88. The molecule has 2 atom stereocenters. The number of nitriles is 1. The van der Waals surface area contributed by atoms with E-state index >= 15 is 0 Å². The van der Waals surface area contributed by atoms with Gasteiger partial charge < -0.3 is 4.74 Å². The molecular formula is C18H22ClN3O2. The van der Waals surface area contributed by atoms with Crippen LogP contribution in [0.15, 0.2) is 23.2 Å². The minimum Gasteiger partial charge on any atom is -0.493 e.